The van der Waals surface area contributed by atoms with Crippen molar-refractivity contribution in [2.75, 3.05) is 19.9 Å². The number of ether oxygens (including phenoxy) is 3. The van der Waals surface area contributed by atoms with Crippen molar-refractivity contribution in [1.82, 2.24) is 10.6 Å². The molecule has 0 saturated carbocycles. The Morgan fingerprint density at radius 1 is 1.07 bits per heavy atom. The molecule has 2 amide bonds. The minimum Gasteiger partial charge on any atom is -0.454 e. The van der Waals surface area contributed by atoms with E-state index in [2.05, 4.69) is 10.6 Å². The van der Waals surface area contributed by atoms with Crippen LogP contribution < -0.4 is 20.1 Å². The van der Waals surface area contributed by atoms with Gasteiger partial charge < -0.3 is 24.8 Å². The van der Waals surface area contributed by atoms with Crippen molar-refractivity contribution in [2.24, 2.45) is 0 Å². The van der Waals surface area contributed by atoms with Crippen molar-refractivity contribution in [3.63, 3.8) is 0 Å². The highest BCUT2D eigenvalue weighted by Crippen LogP contribution is 2.32. The zero-order chi connectivity index (χ0) is 19.9. The van der Waals surface area contributed by atoms with Crippen LogP contribution in [0.4, 0.5) is 0 Å². The van der Waals surface area contributed by atoms with Gasteiger partial charge in [-0.25, -0.2) is 0 Å². The highest BCUT2D eigenvalue weighted by atomic mass is 16.7. The van der Waals surface area contributed by atoms with Crippen LogP contribution >= 0.6 is 0 Å². The summed E-state index contributed by atoms with van der Waals surface area (Å²) in [6.07, 6.45) is 0. The number of rotatable bonds is 7. The van der Waals surface area contributed by atoms with Crippen LogP contribution in [0.5, 0.6) is 11.5 Å². The molecule has 3 rings (SSSR count). The van der Waals surface area contributed by atoms with E-state index >= 15 is 0 Å². The first-order chi connectivity index (χ1) is 13.5. The van der Waals surface area contributed by atoms with E-state index < -0.39 is 24.4 Å². The molecule has 1 aliphatic heterocycles. The molecule has 1 aliphatic rings. The fourth-order valence-electron chi connectivity index (χ4n) is 2.60. The summed E-state index contributed by atoms with van der Waals surface area (Å²) in [6.45, 7) is 1.17. The first kappa shape index (κ1) is 19.2. The van der Waals surface area contributed by atoms with Crippen molar-refractivity contribution >= 4 is 17.8 Å². The van der Waals surface area contributed by atoms with Crippen molar-refractivity contribution < 1.29 is 28.6 Å². The summed E-state index contributed by atoms with van der Waals surface area (Å²) in [7, 11) is 0. The Kier molecular flexibility index (Phi) is 6.11. The van der Waals surface area contributed by atoms with Gasteiger partial charge in [-0.05, 0) is 30.7 Å². The lowest BCUT2D eigenvalue weighted by molar-refractivity contribution is -0.147. The number of hydrogen-bond acceptors (Lipinski definition) is 6. The average molecular weight is 384 g/mol. The van der Waals surface area contributed by atoms with E-state index in [1.54, 1.807) is 12.1 Å². The summed E-state index contributed by atoms with van der Waals surface area (Å²) in [4.78, 5) is 35.8. The van der Waals surface area contributed by atoms with Crippen LogP contribution in [0.2, 0.25) is 0 Å². The predicted molar refractivity (Wildman–Crippen MR) is 98.9 cm³/mol. The zero-order valence-electron chi connectivity index (χ0n) is 15.3. The van der Waals surface area contributed by atoms with Gasteiger partial charge in [0.1, 0.15) is 6.54 Å². The highest BCUT2D eigenvalue weighted by Gasteiger charge is 2.17. The summed E-state index contributed by atoms with van der Waals surface area (Å²) in [5.74, 6) is -0.563. The Balaban J connectivity index is 1.39. The van der Waals surface area contributed by atoms with Gasteiger partial charge in [-0.1, -0.05) is 30.3 Å². The molecule has 0 aromatic heterocycles. The molecule has 0 radical (unpaired) electrons. The normalized spacial score (nSPS) is 12.8. The molecule has 1 unspecified atom stereocenters. The molecule has 0 aliphatic carbocycles. The zero-order valence-corrected chi connectivity index (χ0v) is 15.3. The quantitative estimate of drug-likeness (QED) is 0.703. The number of carbonyl (C=O) groups is 3. The van der Waals surface area contributed by atoms with Crippen LogP contribution in [0, 0.1) is 0 Å². The lowest BCUT2D eigenvalue weighted by atomic mass is 10.1. The third-order valence-electron chi connectivity index (χ3n) is 4.07. The maximum atomic E-state index is 12.1. The standard InChI is InChI=1S/C20H20N2O6/c1-13(14-5-3-2-4-6-14)22-18(23)11-26-19(24)10-21-20(25)15-7-8-16-17(9-15)28-12-27-16/h2-9,13H,10-12H2,1H3,(H,21,25)(H,22,23). The minimum atomic E-state index is -0.711. The molecule has 1 heterocycles. The predicted octanol–water partition coefficient (Wildman–Crippen LogP) is 1.57. The second-order valence-corrected chi connectivity index (χ2v) is 6.11. The van der Waals surface area contributed by atoms with Crippen molar-refractivity contribution in [3.8, 4) is 11.5 Å². The number of nitrogens with one attached hydrogen (secondary N) is 2. The van der Waals surface area contributed by atoms with E-state index in [4.69, 9.17) is 14.2 Å². The molecule has 28 heavy (non-hydrogen) atoms. The molecule has 2 aromatic carbocycles. The van der Waals surface area contributed by atoms with E-state index in [0.29, 0.717) is 17.1 Å². The topological polar surface area (TPSA) is 103 Å². The van der Waals surface area contributed by atoms with Gasteiger partial charge in [-0.2, -0.15) is 0 Å². The van der Waals surface area contributed by atoms with E-state index in [0.717, 1.165) is 5.56 Å². The first-order valence-corrected chi connectivity index (χ1v) is 8.70. The average Bonchev–Trinajstić information content (AvgIpc) is 3.19. The monoisotopic (exact) mass is 384 g/mol. The largest absolute Gasteiger partial charge is 0.454 e. The van der Waals surface area contributed by atoms with Gasteiger partial charge in [0, 0.05) is 5.56 Å². The summed E-state index contributed by atoms with van der Waals surface area (Å²) >= 11 is 0. The smallest absolute Gasteiger partial charge is 0.325 e. The third kappa shape index (κ3) is 5.00. The molecule has 0 bridgehead atoms. The maximum absolute atomic E-state index is 12.1. The Hall–Kier alpha value is -3.55. The molecule has 2 aromatic rings. The van der Waals surface area contributed by atoms with Gasteiger partial charge in [0.15, 0.2) is 18.1 Å². The lowest BCUT2D eigenvalue weighted by Crippen LogP contribution is -2.34. The van der Waals surface area contributed by atoms with E-state index in [9.17, 15) is 14.4 Å². The molecule has 146 valence electrons. The highest BCUT2D eigenvalue weighted by molar-refractivity contribution is 5.96. The van der Waals surface area contributed by atoms with Gasteiger partial charge in [0.05, 0.1) is 6.04 Å². The number of benzene rings is 2. The van der Waals surface area contributed by atoms with Crippen molar-refractivity contribution in [2.45, 2.75) is 13.0 Å². The van der Waals surface area contributed by atoms with E-state index in [-0.39, 0.29) is 19.4 Å². The van der Waals surface area contributed by atoms with Gasteiger partial charge in [-0.15, -0.1) is 0 Å². The summed E-state index contributed by atoms with van der Waals surface area (Å²) < 4.78 is 15.3. The number of hydrogen-bond donors (Lipinski definition) is 2. The number of fused-ring (bicyclic) bond motifs is 1. The van der Waals surface area contributed by atoms with Crippen LogP contribution in [0.3, 0.4) is 0 Å². The number of esters is 1. The van der Waals surface area contributed by atoms with Crippen molar-refractivity contribution in [1.29, 1.82) is 0 Å². The Morgan fingerprint density at radius 2 is 1.82 bits per heavy atom. The molecule has 2 N–H and O–H groups in total. The maximum Gasteiger partial charge on any atom is 0.325 e. The second-order valence-electron chi connectivity index (χ2n) is 6.11. The fraction of sp³-hybridized carbons (Fsp3) is 0.250. The fourth-order valence-corrected chi connectivity index (χ4v) is 2.60. The second kappa shape index (κ2) is 8.90. The molecular weight excluding hydrogens is 364 g/mol. The Bertz CT molecular complexity index is 868. The van der Waals surface area contributed by atoms with Crippen LogP contribution in [-0.4, -0.2) is 37.7 Å². The SMILES string of the molecule is CC(NC(=O)COC(=O)CNC(=O)c1ccc2c(c1)OCO2)c1ccccc1. The third-order valence-corrected chi connectivity index (χ3v) is 4.07. The van der Waals surface area contributed by atoms with Crippen LogP contribution in [0.25, 0.3) is 0 Å². The minimum absolute atomic E-state index is 0.109. The van der Waals surface area contributed by atoms with E-state index in [1.165, 1.54) is 6.07 Å². The Labute approximate surface area is 161 Å². The van der Waals surface area contributed by atoms with Crippen molar-refractivity contribution in [3.05, 3.63) is 59.7 Å². The Morgan fingerprint density at radius 3 is 2.61 bits per heavy atom. The number of carbonyl (C=O) groups excluding carboxylic acids is 3. The van der Waals surface area contributed by atoms with Gasteiger partial charge in [0.25, 0.3) is 11.8 Å². The van der Waals surface area contributed by atoms with Gasteiger partial charge in [-0.3, -0.25) is 14.4 Å². The first-order valence-electron chi connectivity index (χ1n) is 8.70. The molecule has 0 fully saturated rings. The van der Waals surface area contributed by atoms with Gasteiger partial charge >= 0.3 is 5.97 Å². The van der Waals surface area contributed by atoms with Crippen LogP contribution in [0.15, 0.2) is 48.5 Å². The molecule has 0 saturated heterocycles. The lowest BCUT2D eigenvalue weighted by Gasteiger charge is -2.14. The van der Waals surface area contributed by atoms with Gasteiger partial charge in [0.2, 0.25) is 6.79 Å². The molecular formula is C20H20N2O6. The molecule has 0 spiro atoms. The molecule has 8 nitrogen and oxygen atoms in total. The molecule has 8 heteroatoms. The van der Waals surface area contributed by atoms with Crippen LogP contribution in [-0.2, 0) is 14.3 Å². The summed E-state index contributed by atoms with van der Waals surface area (Å²) in [5, 5.41) is 5.18. The summed E-state index contributed by atoms with van der Waals surface area (Å²) in [6, 6.07) is 13.9. The van der Waals surface area contributed by atoms with Crippen LogP contribution in [0.1, 0.15) is 28.9 Å². The number of amides is 2. The molecule has 1 atom stereocenters. The summed E-state index contributed by atoms with van der Waals surface area (Å²) in [5.41, 5.74) is 1.27. The van der Waals surface area contributed by atoms with E-state index in [1.807, 2.05) is 37.3 Å².